The lowest BCUT2D eigenvalue weighted by Crippen LogP contribution is -2.29. The normalized spacial score (nSPS) is 15.1. The van der Waals surface area contributed by atoms with Crippen molar-refractivity contribution in [3.05, 3.63) is 35.8 Å². The largest absolute Gasteiger partial charge is 0.368 e. The maximum Gasteiger partial charge on any atom is 0.134 e. The van der Waals surface area contributed by atoms with E-state index in [1.54, 1.807) is 6.33 Å². The molecule has 0 aromatic carbocycles. The number of nitrogens with zero attached hydrogens (tertiary/aromatic N) is 5. The predicted octanol–water partition coefficient (Wildman–Crippen LogP) is 1.90. The highest BCUT2D eigenvalue weighted by atomic mass is 15.1. The maximum absolute atomic E-state index is 4.43. The van der Waals surface area contributed by atoms with Gasteiger partial charge in [0.25, 0.3) is 0 Å². The van der Waals surface area contributed by atoms with Gasteiger partial charge in [0.2, 0.25) is 0 Å². The molecule has 0 bridgehead atoms. The fraction of sp³-hybridized carbons (Fsp3) is 0.562. The number of aromatic nitrogens is 4. The number of anilines is 1. The van der Waals surface area contributed by atoms with Crippen molar-refractivity contribution in [3.8, 4) is 0 Å². The van der Waals surface area contributed by atoms with Crippen molar-refractivity contribution < 1.29 is 0 Å². The van der Waals surface area contributed by atoms with E-state index in [0.717, 1.165) is 44.2 Å². The van der Waals surface area contributed by atoms with Crippen molar-refractivity contribution in [1.82, 2.24) is 24.4 Å². The quantitative estimate of drug-likeness (QED) is 0.914. The molecule has 0 atom stereocenters. The van der Waals surface area contributed by atoms with Gasteiger partial charge in [0, 0.05) is 56.5 Å². The van der Waals surface area contributed by atoms with Gasteiger partial charge < -0.3 is 14.8 Å². The average molecular weight is 300 g/mol. The van der Waals surface area contributed by atoms with Gasteiger partial charge in [-0.25, -0.2) is 15.0 Å². The third-order valence-electron chi connectivity index (χ3n) is 4.10. The van der Waals surface area contributed by atoms with Crippen LogP contribution in [0.4, 0.5) is 5.82 Å². The molecule has 1 aliphatic rings. The molecule has 6 nitrogen and oxygen atoms in total. The van der Waals surface area contributed by atoms with Gasteiger partial charge in [0.15, 0.2) is 0 Å². The Morgan fingerprint density at radius 2 is 2.14 bits per heavy atom. The Labute approximate surface area is 131 Å². The molecule has 118 valence electrons. The molecule has 0 fully saturated rings. The highest BCUT2D eigenvalue weighted by molar-refractivity contribution is 5.46. The van der Waals surface area contributed by atoms with Crippen LogP contribution < -0.4 is 5.32 Å². The molecule has 0 unspecified atom stereocenters. The Kier molecular flexibility index (Phi) is 4.38. The molecule has 0 amide bonds. The standard InChI is InChI=1S/C16H24N6/c1-12(2)16-18-6-9-22(16)8-5-17-15-13-10-21(3)7-4-14(13)19-11-20-15/h6,9,11-12H,4-5,7-8,10H2,1-3H3,(H,17,19,20). The minimum atomic E-state index is 0.440. The SMILES string of the molecule is CC(C)c1nccn1CCNc1ncnc2c1CN(C)CC2. The second-order valence-electron chi connectivity index (χ2n) is 6.20. The predicted molar refractivity (Wildman–Crippen MR) is 86.9 cm³/mol. The van der Waals surface area contributed by atoms with Crippen LogP contribution in [0.25, 0.3) is 0 Å². The molecule has 1 aliphatic heterocycles. The summed E-state index contributed by atoms with van der Waals surface area (Å²) >= 11 is 0. The minimum Gasteiger partial charge on any atom is -0.368 e. The van der Waals surface area contributed by atoms with Crippen LogP contribution >= 0.6 is 0 Å². The first-order valence-corrected chi connectivity index (χ1v) is 7.91. The molecule has 1 N–H and O–H groups in total. The Balaban J connectivity index is 1.66. The summed E-state index contributed by atoms with van der Waals surface area (Å²) in [6.07, 6.45) is 6.59. The highest BCUT2D eigenvalue weighted by Gasteiger charge is 2.18. The molecule has 22 heavy (non-hydrogen) atoms. The van der Waals surface area contributed by atoms with E-state index in [1.807, 2.05) is 12.4 Å². The van der Waals surface area contributed by atoms with Gasteiger partial charge in [0.05, 0.1) is 5.69 Å². The van der Waals surface area contributed by atoms with Gasteiger partial charge >= 0.3 is 0 Å². The lowest BCUT2D eigenvalue weighted by Gasteiger charge is -2.25. The van der Waals surface area contributed by atoms with E-state index in [4.69, 9.17) is 0 Å². The zero-order valence-electron chi connectivity index (χ0n) is 13.6. The molecule has 0 aliphatic carbocycles. The number of hydrogen-bond donors (Lipinski definition) is 1. The number of imidazole rings is 1. The van der Waals surface area contributed by atoms with Crippen LogP contribution in [0.5, 0.6) is 0 Å². The first-order chi connectivity index (χ1) is 10.6. The summed E-state index contributed by atoms with van der Waals surface area (Å²) < 4.78 is 2.21. The van der Waals surface area contributed by atoms with Crippen LogP contribution in [0.2, 0.25) is 0 Å². The molecule has 0 spiro atoms. The lowest BCUT2D eigenvalue weighted by atomic mass is 10.1. The summed E-state index contributed by atoms with van der Waals surface area (Å²) in [7, 11) is 2.14. The molecule has 6 heteroatoms. The monoisotopic (exact) mass is 300 g/mol. The Morgan fingerprint density at radius 3 is 2.95 bits per heavy atom. The van der Waals surface area contributed by atoms with Crippen LogP contribution in [-0.4, -0.2) is 44.6 Å². The van der Waals surface area contributed by atoms with Gasteiger partial charge in [-0.1, -0.05) is 13.8 Å². The van der Waals surface area contributed by atoms with Gasteiger partial charge in [0.1, 0.15) is 18.0 Å². The van der Waals surface area contributed by atoms with Crippen molar-refractivity contribution in [3.63, 3.8) is 0 Å². The number of hydrogen-bond acceptors (Lipinski definition) is 5. The Bertz CT molecular complexity index is 633. The van der Waals surface area contributed by atoms with Crippen molar-refractivity contribution in [2.45, 2.75) is 39.3 Å². The van der Waals surface area contributed by atoms with E-state index in [-0.39, 0.29) is 0 Å². The third-order valence-corrected chi connectivity index (χ3v) is 4.10. The fourth-order valence-electron chi connectivity index (χ4n) is 2.93. The van der Waals surface area contributed by atoms with E-state index < -0.39 is 0 Å². The number of fused-ring (bicyclic) bond motifs is 1. The van der Waals surface area contributed by atoms with Crippen molar-refractivity contribution in [1.29, 1.82) is 0 Å². The third kappa shape index (κ3) is 3.11. The summed E-state index contributed by atoms with van der Waals surface area (Å²) in [6, 6.07) is 0. The van der Waals surface area contributed by atoms with Crippen LogP contribution in [0, 0.1) is 0 Å². The molecule has 3 rings (SSSR count). The van der Waals surface area contributed by atoms with Crippen LogP contribution in [0.1, 0.15) is 36.8 Å². The van der Waals surface area contributed by atoms with Gasteiger partial charge in [-0.05, 0) is 7.05 Å². The van der Waals surface area contributed by atoms with Gasteiger partial charge in [-0.2, -0.15) is 0 Å². The zero-order chi connectivity index (χ0) is 15.5. The second-order valence-corrected chi connectivity index (χ2v) is 6.20. The van der Waals surface area contributed by atoms with Gasteiger partial charge in [-0.15, -0.1) is 0 Å². The van der Waals surface area contributed by atoms with Gasteiger partial charge in [-0.3, -0.25) is 0 Å². The summed E-state index contributed by atoms with van der Waals surface area (Å²) in [5.74, 6) is 2.55. The molecule has 0 saturated carbocycles. The van der Waals surface area contributed by atoms with Crippen LogP contribution in [-0.2, 0) is 19.5 Å². The van der Waals surface area contributed by atoms with E-state index in [1.165, 1.54) is 11.3 Å². The number of rotatable bonds is 5. The summed E-state index contributed by atoms with van der Waals surface area (Å²) in [5.41, 5.74) is 2.42. The van der Waals surface area contributed by atoms with E-state index >= 15 is 0 Å². The fourth-order valence-corrected chi connectivity index (χ4v) is 2.93. The number of likely N-dealkylation sites (N-methyl/N-ethyl adjacent to an activating group) is 1. The Hall–Kier alpha value is -1.95. The van der Waals surface area contributed by atoms with Crippen molar-refractivity contribution in [2.24, 2.45) is 0 Å². The topological polar surface area (TPSA) is 58.9 Å². The first kappa shape index (κ1) is 15.0. The van der Waals surface area contributed by atoms with Crippen LogP contribution in [0.3, 0.4) is 0 Å². The van der Waals surface area contributed by atoms with Crippen molar-refractivity contribution in [2.75, 3.05) is 25.5 Å². The van der Waals surface area contributed by atoms with Crippen LogP contribution in [0.15, 0.2) is 18.7 Å². The molecular formula is C16H24N6. The molecule has 0 saturated heterocycles. The second kappa shape index (κ2) is 6.44. The first-order valence-electron chi connectivity index (χ1n) is 7.91. The van der Waals surface area contributed by atoms with E-state index in [2.05, 4.69) is 50.6 Å². The summed E-state index contributed by atoms with van der Waals surface area (Å²) in [6.45, 7) is 8.05. The molecule has 2 aromatic rings. The number of nitrogens with one attached hydrogen (secondary N) is 1. The lowest BCUT2D eigenvalue weighted by molar-refractivity contribution is 0.310. The zero-order valence-corrected chi connectivity index (χ0v) is 13.6. The molecule has 2 aromatic heterocycles. The van der Waals surface area contributed by atoms with E-state index in [0.29, 0.717) is 5.92 Å². The molecule has 0 radical (unpaired) electrons. The average Bonchev–Trinajstić information content (AvgIpc) is 2.96. The Morgan fingerprint density at radius 1 is 1.27 bits per heavy atom. The van der Waals surface area contributed by atoms with E-state index in [9.17, 15) is 0 Å². The minimum absolute atomic E-state index is 0.440. The molecular weight excluding hydrogens is 276 g/mol. The smallest absolute Gasteiger partial charge is 0.134 e. The molecule has 3 heterocycles. The van der Waals surface area contributed by atoms with Crippen molar-refractivity contribution >= 4 is 5.82 Å². The summed E-state index contributed by atoms with van der Waals surface area (Å²) in [5, 5.41) is 3.47. The maximum atomic E-state index is 4.43. The summed E-state index contributed by atoms with van der Waals surface area (Å²) in [4.78, 5) is 15.6. The highest BCUT2D eigenvalue weighted by Crippen LogP contribution is 2.21.